The van der Waals surface area contributed by atoms with Crippen molar-refractivity contribution in [3.8, 4) is 5.75 Å². The van der Waals surface area contributed by atoms with Crippen LogP contribution >= 0.6 is 23.2 Å². The van der Waals surface area contributed by atoms with Crippen LogP contribution in [0.2, 0.25) is 10.0 Å². The summed E-state index contributed by atoms with van der Waals surface area (Å²) >= 11 is 12.4. The molecule has 1 heterocycles. The van der Waals surface area contributed by atoms with E-state index in [1.54, 1.807) is 12.1 Å². The smallest absolute Gasteiger partial charge is 0.300 e. The van der Waals surface area contributed by atoms with Gasteiger partial charge in [-0.05, 0) is 55.8 Å². The van der Waals surface area contributed by atoms with Crippen LogP contribution < -0.4 is 14.5 Å². The molecular weight excluding hydrogens is 537 g/mol. The third-order valence-electron chi connectivity index (χ3n) is 6.43. The second-order valence-electron chi connectivity index (χ2n) is 8.50. The van der Waals surface area contributed by atoms with E-state index in [1.807, 2.05) is 26.0 Å². The van der Waals surface area contributed by atoms with E-state index in [4.69, 9.17) is 27.9 Å². The SMILES string of the molecule is CCN(CC)c1ccc(C2/C(=C(\O)c3cc(Cl)cc(Cl)c3OC)C(=O)C(=O)N2c2ccc(F)c(F)c2)cc1. The number of aliphatic hydroxyl groups excluding tert-OH is 1. The van der Waals surface area contributed by atoms with E-state index in [0.29, 0.717) is 5.56 Å². The molecule has 38 heavy (non-hydrogen) atoms. The topological polar surface area (TPSA) is 70.1 Å². The molecule has 1 atom stereocenters. The molecule has 10 heteroatoms. The van der Waals surface area contributed by atoms with Gasteiger partial charge in [-0.1, -0.05) is 35.3 Å². The van der Waals surface area contributed by atoms with Crippen molar-refractivity contribution >= 4 is 52.0 Å². The first-order valence-electron chi connectivity index (χ1n) is 11.8. The van der Waals surface area contributed by atoms with Crippen LogP contribution in [0.5, 0.6) is 5.75 Å². The number of Topliss-reactive ketones (excluding diaryl/α,β-unsaturated/α-hetero) is 1. The molecule has 1 unspecified atom stereocenters. The van der Waals surface area contributed by atoms with E-state index in [0.717, 1.165) is 35.8 Å². The molecule has 0 spiro atoms. The van der Waals surface area contributed by atoms with Gasteiger partial charge in [0.2, 0.25) is 0 Å². The van der Waals surface area contributed by atoms with E-state index < -0.39 is 35.1 Å². The maximum Gasteiger partial charge on any atom is 0.300 e. The molecule has 1 fully saturated rings. The molecule has 0 bridgehead atoms. The molecule has 6 nitrogen and oxygen atoms in total. The summed E-state index contributed by atoms with van der Waals surface area (Å²) in [5.74, 6) is -4.88. The molecule has 4 rings (SSSR count). The molecule has 1 N–H and O–H groups in total. The van der Waals surface area contributed by atoms with E-state index in [2.05, 4.69) is 4.90 Å². The number of hydrogen-bond donors (Lipinski definition) is 1. The maximum absolute atomic E-state index is 14.2. The molecular formula is C28H24Cl2F2N2O4. The van der Waals surface area contributed by atoms with Crippen molar-refractivity contribution < 1.29 is 28.2 Å². The van der Waals surface area contributed by atoms with E-state index in [-0.39, 0.29) is 32.6 Å². The van der Waals surface area contributed by atoms with Gasteiger partial charge in [-0.25, -0.2) is 8.78 Å². The fourth-order valence-electron chi connectivity index (χ4n) is 4.59. The van der Waals surface area contributed by atoms with Crippen LogP contribution in [0.3, 0.4) is 0 Å². The molecule has 0 saturated carbocycles. The highest BCUT2D eigenvalue weighted by Gasteiger charge is 2.47. The number of rotatable bonds is 7. The molecule has 1 aliphatic rings. The fraction of sp³-hybridized carbons (Fsp3) is 0.214. The number of ether oxygens (including phenoxy) is 1. The zero-order valence-electron chi connectivity index (χ0n) is 20.8. The Kier molecular flexibility index (Phi) is 7.94. The normalized spacial score (nSPS) is 16.7. The number of anilines is 2. The predicted molar refractivity (Wildman–Crippen MR) is 144 cm³/mol. The standard InChI is InChI=1S/C28H24Cl2F2N2O4/c1-4-33(5-2)17-8-6-15(7-9-17)24-23(25(35)19-12-16(29)13-20(30)27(19)38-3)26(36)28(37)34(24)18-10-11-21(31)22(32)14-18/h6-14,24,35H,4-5H2,1-3H3/b25-23+. The van der Waals surface area contributed by atoms with Crippen LogP contribution in [0, 0.1) is 11.6 Å². The van der Waals surface area contributed by atoms with Gasteiger partial charge >= 0.3 is 0 Å². The Morgan fingerprint density at radius 1 is 1.00 bits per heavy atom. The van der Waals surface area contributed by atoms with Crippen molar-refractivity contribution in [1.82, 2.24) is 0 Å². The monoisotopic (exact) mass is 560 g/mol. The quantitative estimate of drug-likeness (QED) is 0.196. The number of hydrogen-bond acceptors (Lipinski definition) is 5. The van der Waals surface area contributed by atoms with E-state index in [1.165, 1.54) is 25.3 Å². The summed E-state index contributed by atoms with van der Waals surface area (Å²) in [4.78, 5) is 29.8. The maximum atomic E-state index is 14.2. The summed E-state index contributed by atoms with van der Waals surface area (Å²) in [5.41, 5.74) is 1.02. The summed E-state index contributed by atoms with van der Waals surface area (Å²) in [7, 11) is 1.33. The second-order valence-corrected chi connectivity index (χ2v) is 9.34. The minimum absolute atomic E-state index is 0.00181. The predicted octanol–water partition coefficient (Wildman–Crippen LogP) is 6.75. The van der Waals surface area contributed by atoms with Gasteiger partial charge in [0.15, 0.2) is 11.6 Å². The largest absolute Gasteiger partial charge is 0.507 e. The first-order valence-corrected chi connectivity index (χ1v) is 12.5. The zero-order valence-corrected chi connectivity index (χ0v) is 22.3. The number of halogens is 4. The average molecular weight is 561 g/mol. The van der Waals surface area contributed by atoms with Gasteiger partial charge in [0, 0.05) is 35.6 Å². The van der Waals surface area contributed by atoms with E-state index >= 15 is 0 Å². The van der Waals surface area contributed by atoms with E-state index in [9.17, 15) is 23.5 Å². The number of methoxy groups -OCH3 is 1. The Balaban J connectivity index is 1.98. The number of ketones is 1. The number of aliphatic hydroxyl groups is 1. The molecule has 1 saturated heterocycles. The third-order valence-corrected chi connectivity index (χ3v) is 6.93. The van der Waals surface area contributed by atoms with Gasteiger partial charge in [-0.2, -0.15) is 0 Å². The fourth-order valence-corrected chi connectivity index (χ4v) is 5.16. The average Bonchev–Trinajstić information content (AvgIpc) is 3.16. The summed E-state index contributed by atoms with van der Waals surface area (Å²) in [6.45, 7) is 5.55. The number of carbonyl (C=O) groups is 2. The molecule has 3 aromatic carbocycles. The summed E-state index contributed by atoms with van der Waals surface area (Å²) in [5, 5.41) is 11.7. The Morgan fingerprint density at radius 2 is 1.66 bits per heavy atom. The third kappa shape index (κ3) is 4.81. The number of carbonyl (C=O) groups excluding carboxylic acids is 2. The van der Waals surface area contributed by atoms with Gasteiger partial charge < -0.3 is 14.7 Å². The van der Waals surface area contributed by atoms with Crippen molar-refractivity contribution in [3.05, 3.63) is 93.0 Å². The highest BCUT2D eigenvalue weighted by molar-refractivity contribution is 6.52. The number of nitrogens with zero attached hydrogens (tertiary/aromatic N) is 2. The van der Waals surface area contributed by atoms with Crippen LogP contribution in [0.25, 0.3) is 5.76 Å². The van der Waals surface area contributed by atoms with Crippen LogP contribution in [0.1, 0.15) is 31.0 Å². The van der Waals surface area contributed by atoms with Crippen molar-refractivity contribution in [1.29, 1.82) is 0 Å². The second kappa shape index (κ2) is 11.0. The lowest BCUT2D eigenvalue weighted by Gasteiger charge is -2.27. The van der Waals surface area contributed by atoms with Crippen LogP contribution in [0.4, 0.5) is 20.2 Å². The van der Waals surface area contributed by atoms with Gasteiger partial charge in [0.05, 0.1) is 29.3 Å². The number of amides is 1. The highest BCUT2D eigenvalue weighted by atomic mass is 35.5. The zero-order chi connectivity index (χ0) is 27.7. The molecule has 198 valence electrons. The van der Waals surface area contributed by atoms with Crippen LogP contribution in [0.15, 0.2) is 60.2 Å². The first kappa shape index (κ1) is 27.4. The van der Waals surface area contributed by atoms with Gasteiger partial charge in [0.1, 0.15) is 11.5 Å². The van der Waals surface area contributed by atoms with Crippen molar-refractivity contribution in [3.63, 3.8) is 0 Å². The Labute approximate surface area is 228 Å². The minimum Gasteiger partial charge on any atom is -0.507 e. The first-order chi connectivity index (χ1) is 18.1. The van der Waals surface area contributed by atoms with Crippen molar-refractivity contribution in [2.75, 3.05) is 30.0 Å². The molecule has 0 aromatic heterocycles. The highest BCUT2D eigenvalue weighted by Crippen LogP contribution is 2.45. The van der Waals surface area contributed by atoms with Gasteiger partial charge in [0.25, 0.3) is 11.7 Å². The lowest BCUT2D eigenvalue weighted by Crippen LogP contribution is -2.29. The lowest BCUT2D eigenvalue weighted by atomic mass is 9.94. The molecule has 0 aliphatic carbocycles. The van der Waals surface area contributed by atoms with Crippen molar-refractivity contribution in [2.45, 2.75) is 19.9 Å². The lowest BCUT2D eigenvalue weighted by molar-refractivity contribution is -0.132. The molecule has 1 aliphatic heterocycles. The Bertz CT molecular complexity index is 1440. The summed E-state index contributed by atoms with van der Waals surface area (Å²) in [6, 6.07) is 11.5. The summed E-state index contributed by atoms with van der Waals surface area (Å²) in [6.07, 6.45) is 0. The summed E-state index contributed by atoms with van der Waals surface area (Å²) < 4.78 is 33.2. The van der Waals surface area contributed by atoms with Gasteiger partial charge in [-0.15, -0.1) is 0 Å². The minimum atomic E-state index is -1.19. The van der Waals surface area contributed by atoms with Crippen LogP contribution in [-0.4, -0.2) is 37.0 Å². The van der Waals surface area contributed by atoms with Gasteiger partial charge in [-0.3, -0.25) is 14.5 Å². The molecule has 0 radical (unpaired) electrons. The Morgan fingerprint density at radius 3 is 2.24 bits per heavy atom. The van der Waals surface area contributed by atoms with Crippen molar-refractivity contribution in [2.24, 2.45) is 0 Å². The van der Waals surface area contributed by atoms with Crippen LogP contribution in [-0.2, 0) is 9.59 Å². The number of benzene rings is 3. The molecule has 3 aromatic rings. The molecule has 1 amide bonds. The Hall–Kier alpha value is -3.62.